The van der Waals surface area contributed by atoms with Crippen LogP contribution in [0, 0.1) is 11.3 Å². The van der Waals surface area contributed by atoms with E-state index in [0.29, 0.717) is 22.4 Å². The van der Waals surface area contributed by atoms with E-state index in [2.05, 4.69) is 16.1 Å². The van der Waals surface area contributed by atoms with Crippen molar-refractivity contribution < 1.29 is 0 Å². The van der Waals surface area contributed by atoms with Crippen molar-refractivity contribution in [1.29, 1.82) is 5.26 Å². The highest BCUT2D eigenvalue weighted by molar-refractivity contribution is 6.30. The lowest BCUT2D eigenvalue weighted by Gasteiger charge is -2.34. The Morgan fingerprint density at radius 2 is 2.05 bits per heavy atom. The largest absolute Gasteiger partial charge is 0.382 e. The standard InChI is InChI=1S/C15H16ClN5/c16-12-1-2-14(11(9-12)10-17)20-6-3-13(4-7-20)21-8-5-15(18)19-21/h1-2,5,8-9,13H,3-4,6-7H2,(H2,18,19). The number of anilines is 2. The molecule has 3 rings (SSSR count). The predicted molar refractivity (Wildman–Crippen MR) is 83.3 cm³/mol. The average Bonchev–Trinajstić information content (AvgIpc) is 2.94. The zero-order valence-corrected chi connectivity index (χ0v) is 12.3. The van der Waals surface area contributed by atoms with Crippen molar-refractivity contribution in [3.63, 3.8) is 0 Å². The smallest absolute Gasteiger partial charge is 0.145 e. The number of nitrogen functional groups attached to an aromatic ring is 1. The molecule has 1 aliphatic rings. The molecule has 0 aliphatic carbocycles. The second-order valence-corrected chi connectivity index (χ2v) is 5.65. The van der Waals surface area contributed by atoms with Crippen LogP contribution in [0.5, 0.6) is 0 Å². The van der Waals surface area contributed by atoms with E-state index in [-0.39, 0.29) is 0 Å². The number of piperidine rings is 1. The van der Waals surface area contributed by atoms with E-state index < -0.39 is 0 Å². The Hall–Kier alpha value is -2.19. The molecule has 1 aliphatic heterocycles. The van der Waals surface area contributed by atoms with Crippen LogP contribution in [0.4, 0.5) is 11.5 Å². The highest BCUT2D eigenvalue weighted by atomic mass is 35.5. The molecule has 21 heavy (non-hydrogen) atoms. The van der Waals surface area contributed by atoms with Gasteiger partial charge in [-0.15, -0.1) is 0 Å². The second-order valence-electron chi connectivity index (χ2n) is 5.21. The maximum atomic E-state index is 9.24. The lowest BCUT2D eigenvalue weighted by atomic mass is 10.0. The minimum atomic E-state index is 0.372. The fourth-order valence-corrected chi connectivity index (χ4v) is 2.97. The van der Waals surface area contributed by atoms with Gasteiger partial charge in [-0.3, -0.25) is 4.68 Å². The van der Waals surface area contributed by atoms with E-state index in [0.717, 1.165) is 31.6 Å². The van der Waals surface area contributed by atoms with Gasteiger partial charge in [0.1, 0.15) is 11.9 Å². The molecule has 0 unspecified atom stereocenters. The van der Waals surface area contributed by atoms with Gasteiger partial charge in [-0.2, -0.15) is 10.4 Å². The number of nitriles is 1. The van der Waals surface area contributed by atoms with Crippen LogP contribution in [0.2, 0.25) is 5.02 Å². The molecule has 108 valence electrons. The van der Waals surface area contributed by atoms with E-state index in [1.54, 1.807) is 6.07 Å². The van der Waals surface area contributed by atoms with Gasteiger partial charge >= 0.3 is 0 Å². The maximum Gasteiger partial charge on any atom is 0.145 e. The minimum absolute atomic E-state index is 0.372. The van der Waals surface area contributed by atoms with E-state index in [1.807, 2.05) is 29.1 Å². The molecule has 0 saturated carbocycles. The summed E-state index contributed by atoms with van der Waals surface area (Å²) in [5.41, 5.74) is 7.25. The van der Waals surface area contributed by atoms with Gasteiger partial charge in [-0.1, -0.05) is 11.6 Å². The van der Waals surface area contributed by atoms with Crippen molar-refractivity contribution in [1.82, 2.24) is 9.78 Å². The lowest BCUT2D eigenvalue weighted by molar-refractivity contribution is 0.368. The number of hydrogen-bond acceptors (Lipinski definition) is 4. The van der Waals surface area contributed by atoms with E-state index in [9.17, 15) is 5.26 Å². The van der Waals surface area contributed by atoms with Crippen molar-refractivity contribution in [2.75, 3.05) is 23.7 Å². The molecule has 0 amide bonds. The van der Waals surface area contributed by atoms with Crippen molar-refractivity contribution in [2.24, 2.45) is 0 Å². The second kappa shape index (κ2) is 5.66. The molecule has 5 nitrogen and oxygen atoms in total. The number of nitrogens with zero attached hydrogens (tertiary/aromatic N) is 4. The zero-order chi connectivity index (χ0) is 14.8. The molecule has 6 heteroatoms. The van der Waals surface area contributed by atoms with Gasteiger partial charge in [0.15, 0.2) is 0 Å². The Kier molecular flexibility index (Phi) is 3.72. The first-order chi connectivity index (χ1) is 10.2. The Bertz CT molecular complexity index is 680. The third-order valence-corrected chi connectivity index (χ3v) is 4.12. The van der Waals surface area contributed by atoms with Gasteiger partial charge in [0.25, 0.3) is 0 Å². The van der Waals surface area contributed by atoms with Crippen molar-refractivity contribution >= 4 is 23.1 Å². The van der Waals surface area contributed by atoms with Crippen molar-refractivity contribution in [2.45, 2.75) is 18.9 Å². The zero-order valence-electron chi connectivity index (χ0n) is 11.5. The van der Waals surface area contributed by atoms with Crippen LogP contribution in [-0.4, -0.2) is 22.9 Å². The topological polar surface area (TPSA) is 70.9 Å². The first-order valence-corrected chi connectivity index (χ1v) is 7.30. The summed E-state index contributed by atoms with van der Waals surface area (Å²) in [6.07, 6.45) is 3.89. The fraction of sp³-hybridized carbons (Fsp3) is 0.333. The van der Waals surface area contributed by atoms with Gasteiger partial charge in [-0.25, -0.2) is 0 Å². The summed E-state index contributed by atoms with van der Waals surface area (Å²) in [6, 6.07) is 9.88. The lowest BCUT2D eigenvalue weighted by Crippen LogP contribution is -2.35. The summed E-state index contributed by atoms with van der Waals surface area (Å²) in [6.45, 7) is 1.78. The number of halogens is 1. The molecular formula is C15H16ClN5. The SMILES string of the molecule is N#Cc1cc(Cl)ccc1N1CCC(n2ccc(N)n2)CC1. The summed E-state index contributed by atoms with van der Waals surface area (Å²) in [7, 11) is 0. The first-order valence-electron chi connectivity index (χ1n) is 6.92. The van der Waals surface area contributed by atoms with Gasteiger partial charge in [0.2, 0.25) is 0 Å². The predicted octanol–water partition coefficient (Wildman–Crippen LogP) is 2.83. The summed E-state index contributed by atoms with van der Waals surface area (Å²) in [5, 5.41) is 14.1. The molecule has 1 aromatic heterocycles. The van der Waals surface area contributed by atoms with Gasteiger partial charge in [0, 0.05) is 24.3 Å². The molecule has 0 bridgehead atoms. The van der Waals surface area contributed by atoms with Crippen molar-refractivity contribution in [3.8, 4) is 6.07 Å². The molecular weight excluding hydrogens is 286 g/mol. The highest BCUT2D eigenvalue weighted by Crippen LogP contribution is 2.29. The van der Waals surface area contributed by atoms with Crippen LogP contribution in [0.3, 0.4) is 0 Å². The fourth-order valence-electron chi connectivity index (χ4n) is 2.80. The molecule has 1 aromatic carbocycles. The van der Waals surface area contributed by atoms with Crippen LogP contribution < -0.4 is 10.6 Å². The Morgan fingerprint density at radius 3 is 2.67 bits per heavy atom. The maximum absolute atomic E-state index is 9.24. The van der Waals surface area contributed by atoms with Crippen LogP contribution in [0.1, 0.15) is 24.4 Å². The van der Waals surface area contributed by atoms with Gasteiger partial charge in [-0.05, 0) is 37.1 Å². The van der Waals surface area contributed by atoms with Crippen LogP contribution in [-0.2, 0) is 0 Å². The number of benzene rings is 1. The quantitative estimate of drug-likeness (QED) is 0.926. The number of hydrogen-bond donors (Lipinski definition) is 1. The molecule has 0 atom stereocenters. The Balaban J connectivity index is 1.73. The summed E-state index contributed by atoms with van der Waals surface area (Å²) >= 11 is 5.95. The Labute approximate surface area is 128 Å². The van der Waals surface area contributed by atoms with Crippen LogP contribution >= 0.6 is 11.6 Å². The Morgan fingerprint density at radius 1 is 1.29 bits per heavy atom. The van der Waals surface area contributed by atoms with Crippen LogP contribution in [0.15, 0.2) is 30.5 Å². The van der Waals surface area contributed by atoms with E-state index in [1.165, 1.54) is 0 Å². The summed E-state index contributed by atoms with van der Waals surface area (Å²) < 4.78 is 1.94. The molecule has 2 N–H and O–H groups in total. The van der Waals surface area contributed by atoms with Gasteiger partial charge < -0.3 is 10.6 Å². The summed E-state index contributed by atoms with van der Waals surface area (Å²) in [4.78, 5) is 2.23. The molecule has 1 saturated heterocycles. The third-order valence-electron chi connectivity index (χ3n) is 3.89. The molecule has 0 spiro atoms. The van der Waals surface area contributed by atoms with Crippen LogP contribution in [0.25, 0.3) is 0 Å². The van der Waals surface area contributed by atoms with Gasteiger partial charge in [0.05, 0.1) is 17.3 Å². The molecule has 0 radical (unpaired) electrons. The van der Waals surface area contributed by atoms with E-state index >= 15 is 0 Å². The normalized spacial score (nSPS) is 15.9. The molecule has 1 fully saturated rings. The average molecular weight is 302 g/mol. The third kappa shape index (κ3) is 2.81. The highest BCUT2D eigenvalue weighted by Gasteiger charge is 2.22. The van der Waals surface area contributed by atoms with Crippen molar-refractivity contribution in [3.05, 3.63) is 41.0 Å². The minimum Gasteiger partial charge on any atom is -0.382 e. The number of aromatic nitrogens is 2. The number of rotatable bonds is 2. The molecule has 2 aromatic rings. The first kappa shape index (κ1) is 13.8. The molecule has 2 heterocycles. The monoisotopic (exact) mass is 301 g/mol. The summed E-state index contributed by atoms with van der Waals surface area (Å²) in [5.74, 6) is 0.557. The van der Waals surface area contributed by atoms with E-state index in [4.69, 9.17) is 17.3 Å². The number of nitrogens with two attached hydrogens (primary N) is 1.